The Kier molecular flexibility index (Phi) is 3.72. The summed E-state index contributed by atoms with van der Waals surface area (Å²) in [6, 6.07) is 5.89. The third-order valence-electron chi connectivity index (χ3n) is 4.06. The highest BCUT2D eigenvalue weighted by Gasteiger charge is 2.18. The number of benzene rings is 1. The molecule has 0 unspecified atom stereocenters. The highest BCUT2D eigenvalue weighted by atomic mass is 19.1. The Morgan fingerprint density at radius 3 is 3.12 bits per heavy atom. The molecule has 2 N–H and O–H groups in total. The predicted octanol–water partition coefficient (Wildman–Crippen LogP) is 2.16. The SMILES string of the molecule is C[C@H]1Nc2ccn3ncc(c3n2)C(=O)NCCOc2ccc(F)cc21. The number of fused-ring (bicyclic) bond motifs is 2. The van der Waals surface area contributed by atoms with Gasteiger partial charge in [-0.2, -0.15) is 5.10 Å². The van der Waals surface area contributed by atoms with Gasteiger partial charge in [0, 0.05) is 11.8 Å². The summed E-state index contributed by atoms with van der Waals surface area (Å²) in [7, 11) is 0. The largest absolute Gasteiger partial charge is 0.491 e. The average Bonchev–Trinajstić information content (AvgIpc) is 3.02. The van der Waals surface area contributed by atoms with Gasteiger partial charge in [0.15, 0.2) is 5.65 Å². The molecule has 128 valence electrons. The van der Waals surface area contributed by atoms with E-state index in [2.05, 4.69) is 20.7 Å². The first-order valence-electron chi connectivity index (χ1n) is 7.93. The fraction of sp³-hybridized carbons (Fsp3) is 0.235. The van der Waals surface area contributed by atoms with Crippen molar-refractivity contribution < 1.29 is 13.9 Å². The summed E-state index contributed by atoms with van der Waals surface area (Å²) in [5.41, 5.74) is 1.52. The minimum atomic E-state index is -0.338. The van der Waals surface area contributed by atoms with Gasteiger partial charge in [0.05, 0.1) is 18.8 Å². The lowest BCUT2D eigenvalue weighted by molar-refractivity contribution is 0.0948. The first kappa shape index (κ1) is 15.4. The molecule has 0 fully saturated rings. The molecule has 7 nitrogen and oxygen atoms in total. The zero-order chi connectivity index (χ0) is 17.4. The number of ether oxygens (including phenoxy) is 1. The molecule has 0 saturated heterocycles. The Morgan fingerprint density at radius 2 is 2.24 bits per heavy atom. The number of amides is 1. The Bertz CT molecular complexity index is 955. The third kappa shape index (κ3) is 2.86. The van der Waals surface area contributed by atoms with Crippen LogP contribution in [0, 0.1) is 5.82 Å². The lowest BCUT2D eigenvalue weighted by Gasteiger charge is -2.19. The van der Waals surface area contributed by atoms with E-state index in [0.717, 1.165) is 0 Å². The quantitative estimate of drug-likeness (QED) is 0.655. The molecular weight excluding hydrogens is 325 g/mol. The Labute approximate surface area is 142 Å². The van der Waals surface area contributed by atoms with E-state index in [4.69, 9.17) is 4.74 Å². The number of nitrogens with one attached hydrogen (secondary N) is 2. The summed E-state index contributed by atoms with van der Waals surface area (Å²) in [6.45, 7) is 2.48. The van der Waals surface area contributed by atoms with Gasteiger partial charge in [0.1, 0.15) is 29.6 Å². The molecule has 2 aromatic heterocycles. The van der Waals surface area contributed by atoms with Crippen LogP contribution in [0.1, 0.15) is 28.9 Å². The van der Waals surface area contributed by atoms with Crippen LogP contribution in [0.4, 0.5) is 10.2 Å². The molecule has 1 aliphatic rings. The molecule has 0 saturated carbocycles. The summed E-state index contributed by atoms with van der Waals surface area (Å²) in [5.74, 6) is 0.521. The number of hydrogen-bond acceptors (Lipinski definition) is 5. The maximum Gasteiger partial charge on any atom is 0.256 e. The molecule has 3 heterocycles. The highest BCUT2D eigenvalue weighted by Crippen LogP contribution is 2.28. The van der Waals surface area contributed by atoms with E-state index in [-0.39, 0.29) is 24.4 Å². The molecule has 0 aliphatic carbocycles. The molecule has 0 spiro atoms. The van der Waals surface area contributed by atoms with Crippen LogP contribution < -0.4 is 15.4 Å². The van der Waals surface area contributed by atoms with Gasteiger partial charge < -0.3 is 15.4 Å². The van der Waals surface area contributed by atoms with Crippen molar-refractivity contribution in [3.8, 4) is 5.75 Å². The Balaban J connectivity index is 1.80. The van der Waals surface area contributed by atoms with Crippen LogP contribution >= 0.6 is 0 Å². The van der Waals surface area contributed by atoms with Gasteiger partial charge in [0.2, 0.25) is 0 Å². The predicted molar refractivity (Wildman–Crippen MR) is 89.3 cm³/mol. The summed E-state index contributed by atoms with van der Waals surface area (Å²) in [5, 5.41) is 10.1. The van der Waals surface area contributed by atoms with E-state index in [1.165, 1.54) is 22.8 Å². The molecule has 1 atom stereocenters. The van der Waals surface area contributed by atoms with Crippen molar-refractivity contribution in [1.29, 1.82) is 0 Å². The summed E-state index contributed by atoms with van der Waals surface area (Å²) >= 11 is 0. The monoisotopic (exact) mass is 341 g/mol. The second-order valence-electron chi connectivity index (χ2n) is 5.79. The van der Waals surface area contributed by atoms with E-state index in [9.17, 15) is 9.18 Å². The molecule has 1 aromatic carbocycles. The Morgan fingerprint density at radius 1 is 1.36 bits per heavy atom. The number of anilines is 1. The molecule has 0 radical (unpaired) electrons. The molecule has 25 heavy (non-hydrogen) atoms. The fourth-order valence-electron chi connectivity index (χ4n) is 2.82. The second kappa shape index (κ2) is 6.04. The molecule has 2 bridgehead atoms. The van der Waals surface area contributed by atoms with Gasteiger partial charge in [0.25, 0.3) is 5.91 Å². The maximum absolute atomic E-state index is 13.7. The second-order valence-corrected chi connectivity index (χ2v) is 5.79. The third-order valence-corrected chi connectivity index (χ3v) is 4.06. The minimum Gasteiger partial charge on any atom is -0.491 e. The van der Waals surface area contributed by atoms with E-state index >= 15 is 0 Å². The van der Waals surface area contributed by atoms with E-state index < -0.39 is 0 Å². The average molecular weight is 341 g/mol. The van der Waals surface area contributed by atoms with Crippen molar-refractivity contribution in [3.63, 3.8) is 0 Å². The Hall–Kier alpha value is -3.16. The maximum atomic E-state index is 13.7. The van der Waals surface area contributed by atoms with Gasteiger partial charge in [-0.15, -0.1) is 0 Å². The van der Waals surface area contributed by atoms with Crippen LogP contribution in [0.25, 0.3) is 5.65 Å². The van der Waals surface area contributed by atoms with Gasteiger partial charge in [-0.05, 0) is 31.2 Å². The number of carbonyl (C=O) groups excluding carboxylic acids is 1. The lowest BCUT2D eigenvalue weighted by atomic mass is 10.1. The van der Waals surface area contributed by atoms with Crippen LogP contribution in [0.15, 0.2) is 36.7 Å². The number of hydrogen-bond donors (Lipinski definition) is 2. The molecule has 1 aliphatic heterocycles. The van der Waals surface area contributed by atoms with Crippen molar-refractivity contribution in [2.75, 3.05) is 18.5 Å². The molecule has 4 rings (SSSR count). The van der Waals surface area contributed by atoms with Crippen LogP contribution in [0.2, 0.25) is 0 Å². The van der Waals surface area contributed by atoms with Gasteiger partial charge in [-0.1, -0.05) is 0 Å². The zero-order valence-corrected chi connectivity index (χ0v) is 13.5. The highest BCUT2D eigenvalue weighted by molar-refractivity contribution is 5.99. The molecule has 3 aromatic rings. The van der Waals surface area contributed by atoms with Crippen molar-refractivity contribution >= 4 is 17.4 Å². The van der Waals surface area contributed by atoms with Gasteiger partial charge in [-0.3, -0.25) is 4.79 Å². The summed E-state index contributed by atoms with van der Waals surface area (Å²) in [4.78, 5) is 16.8. The number of aromatic nitrogens is 3. The zero-order valence-electron chi connectivity index (χ0n) is 13.5. The van der Waals surface area contributed by atoms with Gasteiger partial charge in [-0.25, -0.2) is 13.9 Å². The number of halogens is 1. The summed E-state index contributed by atoms with van der Waals surface area (Å²) < 4.78 is 21.0. The van der Waals surface area contributed by atoms with Crippen molar-refractivity contribution in [3.05, 3.63) is 53.6 Å². The lowest BCUT2D eigenvalue weighted by Crippen LogP contribution is -2.28. The number of nitrogens with zero attached hydrogens (tertiary/aromatic N) is 3. The van der Waals surface area contributed by atoms with E-state index in [1.807, 2.05) is 6.92 Å². The fourth-order valence-corrected chi connectivity index (χ4v) is 2.82. The summed E-state index contributed by atoms with van der Waals surface area (Å²) in [6.07, 6.45) is 3.20. The van der Waals surface area contributed by atoms with Gasteiger partial charge >= 0.3 is 0 Å². The smallest absolute Gasteiger partial charge is 0.256 e. The minimum absolute atomic E-state index is 0.239. The molecular formula is C17H16FN5O2. The van der Waals surface area contributed by atoms with Crippen LogP contribution in [-0.2, 0) is 0 Å². The van der Waals surface area contributed by atoms with E-state index in [0.29, 0.717) is 34.9 Å². The molecule has 8 heteroatoms. The molecule has 1 amide bonds. The first-order valence-corrected chi connectivity index (χ1v) is 7.93. The van der Waals surface area contributed by atoms with Crippen LogP contribution in [0.3, 0.4) is 0 Å². The number of rotatable bonds is 0. The van der Waals surface area contributed by atoms with Crippen molar-refractivity contribution in [2.45, 2.75) is 13.0 Å². The van der Waals surface area contributed by atoms with Crippen molar-refractivity contribution in [1.82, 2.24) is 19.9 Å². The topological polar surface area (TPSA) is 80.5 Å². The first-order chi connectivity index (χ1) is 12.1. The number of carbonyl (C=O) groups is 1. The van der Waals surface area contributed by atoms with Crippen LogP contribution in [0.5, 0.6) is 5.75 Å². The van der Waals surface area contributed by atoms with E-state index in [1.54, 1.807) is 18.3 Å². The van der Waals surface area contributed by atoms with Crippen molar-refractivity contribution in [2.24, 2.45) is 0 Å². The standard InChI is InChI=1S/C17H16FN5O2/c1-10-12-8-11(18)2-3-14(12)25-7-5-19-17(24)13-9-20-23-6-4-15(21-10)22-16(13)23/h2-4,6,8-10H,5,7H2,1H3,(H,19,24)(H,21,22)/t10-/m1/s1. The van der Waals surface area contributed by atoms with Crippen LogP contribution in [-0.4, -0.2) is 33.7 Å². The normalized spacial score (nSPS) is 17.5.